The highest BCUT2D eigenvalue weighted by molar-refractivity contribution is 7.72. The number of rotatable bonds is 10. The molecule has 3 rings (SSSR count). The van der Waals surface area contributed by atoms with Crippen LogP contribution in [0.3, 0.4) is 0 Å². The van der Waals surface area contributed by atoms with Gasteiger partial charge in [-0.2, -0.15) is 5.09 Å². The Morgan fingerprint density at radius 2 is 1.92 bits per heavy atom. The highest BCUT2D eigenvalue weighted by atomic mass is 32.1. The van der Waals surface area contributed by atoms with Gasteiger partial charge in [0.1, 0.15) is 23.0 Å². The number of ether oxygens (including phenoxy) is 2. The van der Waals surface area contributed by atoms with Crippen molar-refractivity contribution in [1.29, 1.82) is 0 Å². The smallest absolute Gasteiger partial charge is 0.459 e. The van der Waals surface area contributed by atoms with Gasteiger partial charge in [0.15, 0.2) is 22.8 Å². The summed E-state index contributed by atoms with van der Waals surface area (Å²) in [5.41, 5.74) is -2.70. The van der Waals surface area contributed by atoms with Crippen LogP contribution in [0.2, 0.25) is 0 Å². The van der Waals surface area contributed by atoms with Crippen LogP contribution < -0.4 is 9.61 Å². The van der Waals surface area contributed by atoms with Gasteiger partial charge in [0.05, 0.1) is 6.10 Å². The van der Waals surface area contributed by atoms with Crippen molar-refractivity contribution in [3.63, 3.8) is 0 Å². The van der Waals surface area contributed by atoms with Crippen molar-refractivity contribution in [2.24, 2.45) is 0 Å². The predicted molar refractivity (Wildman–Crippen MR) is 134 cm³/mol. The molecule has 15 heteroatoms. The first-order valence-electron chi connectivity index (χ1n) is 11.2. The van der Waals surface area contributed by atoms with E-state index in [-0.39, 0.29) is 15.2 Å². The number of aliphatic hydroxyl groups is 1. The Morgan fingerprint density at radius 1 is 1.27 bits per heavy atom. The first-order valence-corrected chi connectivity index (χ1v) is 13.6. The minimum absolute atomic E-state index is 0.0719. The van der Waals surface area contributed by atoms with E-state index >= 15 is 8.78 Å². The molecule has 0 radical (unpaired) electrons. The van der Waals surface area contributed by atoms with Crippen LogP contribution in [0.4, 0.5) is 8.78 Å². The Kier molecular flexibility index (Phi) is 9.05. The van der Waals surface area contributed by atoms with E-state index in [1.165, 1.54) is 31.3 Å². The summed E-state index contributed by atoms with van der Waals surface area (Å²) in [7, 11) is -4.52. The Hall–Kier alpha value is -2.06. The Bertz CT molecular complexity index is 1280. The van der Waals surface area contributed by atoms with Gasteiger partial charge in [-0.1, -0.05) is 30.4 Å². The number of nitrogens with one attached hydrogen (secondary N) is 2. The molecule has 6 unspecified atom stereocenters. The summed E-state index contributed by atoms with van der Waals surface area (Å²) in [5, 5.41) is 12.9. The number of alkyl halides is 2. The van der Waals surface area contributed by atoms with Gasteiger partial charge in [-0.15, -0.1) is 0 Å². The molecule has 1 aliphatic heterocycles. The fourth-order valence-electron chi connectivity index (χ4n) is 3.48. The summed E-state index contributed by atoms with van der Waals surface area (Å²) < 4.78 is 67.3. The molecule has 2 aromatic rings. The molecule has 0 amide bonds. The standard InChI is InChI=1S/C22H28F2N3O7PS2/c1-13(2)32-17(28)14(3)26-35(30,34-15-8-6-5-7-9-15)31-12-22(24)18(29)21(4,23)19(33-22)27-11-10-16(36)25-20(27)37/h5-11,13-14,18-19,29H,12H2,1-4H3,(H,26,30)(H,25,36,37). The lowest BCUT2D eigenvalue weighted by Gasteiger charge is -2.28. The Morgan fingerprint density at radius 3 is 2.51 bits per heavy atom. The number of carbonyl (C=O) groups excluding carboxylic acids is 1. The SMILES string of the molecule is CC(C)OC(=O)C(C)NP(=O)(OCC1(F)OC(n2ccc(=S)[nH]c2=S)C(C)(F)C1O)Oc1ccccc1. The third kappa shape index (κ3) is 6.88. The summed E-state index contributed by atoms with van der Waals surface area (Å²) in [6.07, 6.45) is -3.28. The summed E-state index contributed by atoms with van der Waals surface area (Å²) in [6.45, 7) is 4.29. The molecule has 1 aromatic heterocycles. The lowest BCUT2D eigenvalue weighted by Crippen LogP contribution is -2.47. The summed E-state index contributed by atoms with van der Waals surface area (Å²) in [5.74, 6) is -3.88. The zero-order valence-corrected chi connectivity index (χ0v) is 22.9. The molecule has 1 saturated heterocycles. The Balaban J connectivity index is 1.86. The number of esters is 1. The van der Waals surface area contributed by atoms with Gasteiger partial charge in [0.2, 0.25) is 0 Å². The van der Waals surface area contributed by atoms with Crippen LogP contribution in [0.1, 0.15) is 33.9 Å². The quantitative estimate of drug-likeness (QED) is 0.207. The zero-order valence-electron chi connectivity index (χ0n) is 20.4. The number of hydrogen-bond acceptors (Lipinski definition) is 9. The molecule has 3 N–H and O–H groups in total. The minimum Gasteiger partial charge on any atom is -0.462 e. The van der Waals surface area contributed by atoms with Gasteiger partial charge in [-0.3, -0.25) is 13.9 Å². The third-order valence-electron chi connectivity index (χ3n) is 5.29. The van der Waals surface area contributed by atoms with Crippen LogP contribution in [0.15, 0.2) is 42.6 Å². The second-order valence-electron chi connectivity index (χ2n) is 8.84. The van der Waals surface area contributed by atoms with E-state index in [2.05, 4.69) is 10.1 Å². The number of hydrogen-bond donors (Lipinski definition) is 3. The van der Waals surface area contributed by atoms with Crippen molar-refractivity contribution in [2.75, 3.05) is 6.61 Å². The van der Waals surface area contributed by atoms with Crippen LogP contribution in [0.25, 0.3) is 0 Å². The molecule has 0 bridgehead atoms. The number of aromatic amines is 1. The van der Waals surface area contributed by atoms with Gasteiger partial charge in [-0.25, -0.2) is 13.3 Å². The molecule has 10 nitrogen and oxygen atoms in total. The predicted octanol–water partition coefficient (Wildman–Crippen LogP) is 4.69. The van der Waals surface area contributed by atoms with E-state index in [1.807, 2.05) is 0 Å². The number of H-pyrrole nitrogens is 1. The largest absolute Gasteiger partial charge is 0.462 e. The van der Waals surface area contributed by atoms with Crippen LogP contribution in [0, 0.1) is 9.41 Å². The molecule has 6 atom stereocenters. The highest BCUT2D eigenvalue weighted by Crippen LogP contribution is 2.51. The van der Waals surface area contributed by atoms with Crippen molar-refractivity contribution in [2.45, 2.75) is 63.7 Å². The first kappa shape index (κ1) is 29.5. The highest BCUT2D eigenvalue weighted by Gasteiger charge is 2.65. The molecule has 1 fully saturated rings. The molecule has 2 heterocycles. The summed E-state index contributed by atoms with van der Waals surface area (Å²) in [6, 6.07) is 7.95. The molecule has 37 heavy (non-hydrogen) atoms. The Labute approximate surface area is 222 Å². The normalized spacial score (nSPS) is 28.0. The molecule has 0 spiro atoms. The average molecular weight is 580 g/mol. The number of aromatic nitrogens is 2. The molecule has 1 aliphatic rings. The maximum Gasteiger partial charge on any atom is 0.459 e. The number of halogens is 2. The number of carbonyl (C=O) groups is 1. The minimum atomic E-state index is -4.52. The van der Waals surface area contributed by atoms with Crippen molar-refractivity contribution in [3.05, 3.63) is 52.0 Å². The maximum absolute atomic E-state index is 15.9. The first-order chi connectivity index (χ1) is 17.2. The maximum atomic E-state index is 15.9. The van der Waals surface area contributed by atoms with Crippen LogP contribution in [-0.4, -0.2) is 57.0 Å². The van der Waals surface area contributed by atoms with E-state index in [9.17, 15) is 14.5 Å². The third-order valence-corrected chi connectivity index (χ3v) is 7.47. The van der Waals surface area contributed by atoms with Gasteiger partial charge in [-0.05, 0) is 58.1 Å². The lowest BCUT2D eigenvalue weighted by atomic mass is 9.97. The molecule has 204 valence electrons. The van der Waals surface area contributed by atoms with E-state index in [0.29, 0.717) is 0 Å². The van der Waals surface area contributed by atoms with E-state index < -0.39 is 56.3 Å². The van der Waals surface area contributed by atoms with Gasteiger partial charge in [0.25, 0.3) is 5.85 Å². The average Bonchev–Trinajstić information content (AvgIpc) is 2.98. The number of aliphatic hydroxyl groups excluding tert-OH is 1. The molecule has 1 aromatic carbocycles. The van der Waals surface area contributed by atoms with Crippen LogP contribution in [-0.2, 0) is 23.4 Å². The van der Waals surface area contributed by atoms with Crippen LogP contribution in [0.5, 0.6) is 5.75 Å². The van der Waals surface area contributed by atoms with Gasteiger partial charge >= 0.3 is 13.7 Å². The molecular weight excluding hydrogens is 551 g/mol. The zero-order chi connectivity index (χ0) is 27.6. The fraction of sp³-hybridized carbons (Fsp3) is 0.500. The molecule has 0 aliphatic carbocycles. The van der Waals surface area contributed by atoms with Crippen LogP contribution >= 0.6 is 32.2 Å². The van der Waals surface area contributed by atoms with Crippen molar-refractivity contribution in [1.82, 2.24) is 14.6 Å². The van der Waals surface area contributed by atoms with Crippen molar-refractivity contribution < 1.29 is 41.8 Å². The van der Waals surface area contributed by atoms with Gasteiger partial charge in [0, 0.05) is 6.20 Å². The molecule has 0 saturated carbocycles. The van der Waals surface area contributed by atoms with Crippen molar-refractivity contribution in [3.8, 4) is 5.75 Å². The van der Waals surface area contributed by atoms with E-state index in [1.54, 1.807) is 32.0 Å². The number of nitrogens with zero attached hydrogens (tertiary/aromatic N) is 1. The second kappa shape index (κ2) is 11.4. The number of benzene rings is 1. The van der Waals surface area contributed by atoms with Gasteiger partial charge < -0.3 is 24.1 Å². The van der Waals surface area contributed by atoms with E-state index in [0.717, 1.165) is 11.5 Å². The summed E-state index contributed by atoms with van der Waals surface area (Å²) >= 11 is 10.1. The number of para-hydroxylation sites is 1. The van der Waals surface area contributed by atoms with Crippen molar-refractivity contribution >= 4 is 38.2 Å². The molecular formula is C22H28F2N3O7PS2. The topological polar surface area (TPSA) is 124 Å². The summed E-state index contributed by atoms with van der Waals surface area (Å²) in [4.78, 5) is 14.9. The lowest BCUT2D eigenvalue weighted by molar-refractivity contribution is -0.203. The fourth-order valence-corrected chi connectivity index (χ4v) is 5.48. The second-order valence-corrected chi connectivity index (χ2v) is 11.4. The van der Waals surface area contributed by atoms with E-state index in [4.69, 9.17) is 43.0 Å². The monoisotopic (exact) mass is 579 g/mol.